The lowest BCUT2D eigenvalue weighted by atomic mass is 10.5. The Hall–Kier alpha value is -0.650. The Balaban J connectivity index is 3.63. The first-order valence-electron chi connectivity index (χ1n) is 4.89. The van der Waals surface area contributed by atoms with E-state index in [0.717, 1.165) is 0 Å². The van der Waals surface area contributed by atoms with Gasteiger partial charge in [0.05, 0.1) is 13.1 Å². The lowest BCUT2D eigenvalue weighted by molar-refractivity contribution is -0.140. The summed E-state index contributed by atoms with van der Waals surface area (Å²) in [6, 6.07) is 0. The van der Waals surface area contributed by atoms with Crippen molar-refractivity contribution in [1.29, 1.82) is 0 Å². The number of hydrogen-bond acceptors (Lipinski definition) is 4. The van der Waals surface area contributed by atoms with Gasteiger partial charge in [0.15, 0.2) is 6.29 Å². The molecule has 0 unspecified atom stereocenters. The van der Waals surface area contributed by atoms with E-state index in [2.05, 4.69) is 10.6 Å². The summed E-state index contributed by atoms with van der Waals surface area (Å²) in [6.07, 6.45) is -0.342. The zero-order valence-electron chi connectivity index (χ0n) is 9.13. The number of nitrogens with one attached hydrogen (secondary N) is 2. The van der Waals surface area contributed by atoms with E-state index in [1.54, 1.807) is 7.05 Å². The number of carbonyl (C=O) groups is 1. The van der Waals surface area contributed by atoms with Crippen molar-refractivity contribution in [3.63, 3.8) is 0 Å². The average Bonchev–Trinajstić information content (AvgIpc) is 2.15. The van der Waals surface area contributed by atoms with Crippen molar-refractivity contribution in [2.24, 2.45) is 0 Å². The second-order valence-electron chi connectivity index (χ2n) is 2.67. The summed E-state index contributed by atoms with van der Waals surface area (Å²) in [7, 11) is 1.72. The van der Waals surface area contributed by atoms with Crippen molar-refractivity contribution in [1.82, 2.24) is 10.6 Å². The predicted molar refractivity (Wildman–Crippen MR) is 54.0 cm³/mol. The fourth-order valence-electron chi connectivity index (χ4n) is 0.958. The summed E-state index contributed by atoms with van der Waals surface area (Å²) in [4.78, 5) is 11.1. The molecule has 0 heterocycles. The lowest BCUT2D eigenvalue weighted by Gasteiger charge is -2.17. The first-order valence-corrected chi connectivity index (χ1v) is 4.89. The molecular formula is C9H20N2O3. The Labute approximate surface area is 85.1 Å². The Morgan fingerprint density at radius 2 is 1.86 bits per heavy atom. The molecule has 0 radical (unpaired) electrons. The van der Waals surface area contributed by atoms with Gasteiger partial charge in [0.25, 0.3) is 0 Å². The number of ether oxygens (including phenoxy) is 2. The Bertz CT molecular complexity index is 147. The van der Waals surface area contributed by atoms with Crippen LogP contribution in [0.2, 0.25) is 0 Å². The van der Waals surface area contributed by atoms with Gasteiger partial charge in [0.2, 0.25) is 5.91 Å². The lowest BCUT2D eigenvalue weighted by Crippen LogP contribution is -2.39. The third-order valence-electron chi connectivity index (χ3n) is 1.51. The zero-order chi connectivity index (χ0) is 10.8. The molecule has 14 heavy (non-hydrogen) atoms. The molecule has 0 saturated carbocycles. The van der Waals surface area contributed by atoms with Crippen LogP contribution in [-0.2, 0) is 14.3 Å². The highest BCUT2D eigenvalue weighted by molar-refractivity contribution is 5.77. The zero-order valence-corrected chi connectivity index (χ0v) is 9.13. The number of rotatable bonds is 8. The number of amides is 1. The van der Waals surface area contributed by atoms with Gasteiger partial charge in [-0.3, -0.25) is 4.79 Å². The SMILES string of the molecule is CCOC(CNC(=O)CNC)OCC. The third kappa shape index (κ3) is 6.82. The first kappa shape index (κ1) is 13.4. The maximum atomic E-state index is 11.1. The molecule has 0 fully saturated rings. The van der Waals surface area contributed by atoms with E-state index in [1.807, 2.05) is 13.8 Å². The minimum absolute atomic E-state index is 0.0584. The molecule has 0 bridgehead atoms. The molecule has 0 aliphatic rings. The summed E-state index contributed by atoms with van der Waals surface area (Å²) in [5.41, 5.74) is 0. The predicted octanol–water partition coefficient (Wildman–Crippen LogP) is -0.279. The fourth-order valence-corrected chi connectivity index (χ4v) is 0.958. The maximum Gasteiger partial charge on any atom is 0.234 e. The van der Waals surface area contributed by atoms with E-state index in [-0.39, 0.29) is 12.2 Å². The minimum atomic E-state index is -0.342. The number of likely N-dealkylation sites (N-methyl/N-ethyl adjacent to an activating group) is 1. The van der Waals surface area contributed by atoms with Crippen LogP contribution in [-0.4, -0.2) is 45.5 Å². The molecule has 0 aliphatic heterocycles. The molecule has 84 valence electrons. The number of hydrogen-bond donors (Lipinski definition) is 2. The number of carbonyl (C=O) groups excluding carboxylic acids is 1. The van der Waals surface area contributed by atoms with Gasteiger partial charge in [-0.05, 0) is 20.9 Å². The van der Waals surface area contributed by atoms with Crippen molar-refractivity contribution < 1.29 is 14.3 Å². The van der Waals surface area contributed by atoms with Gasteiger partial charge >= 0.3 is 0 Å². The van der Waals surface area contributed by atoms with Crippen LogP contribution in [0.1, 0.15) is 13.8 Å². The van der Waals surface area contributed by atoms with Crippen LogP contribution >= 0.6 is 0 Å². The van der Waals surface area contributed by atoms with Crippen molar-refractivity contribution in [2.75, 3.05) is 33.4 Å². The minimum Gasteiger partial charge on any atom is -0.351 e. The molecule has 0 atom stereocenters. The van der Waals surface area contributed by atoms with Crippen LogP contribution in [0.4, 0.5) is 0 Å². The molecule has 0 spiro atoms. The van der Waals surface area contributed by atoms with Gasteiger partial charge in [0.1, 0.15) is 0 Å². The molecule has 5 nitrogen and oxygen atoms in total. The second kappa shape index (κ2) is 8.93. The van der Waals surface area contributed by atoms with Crippen LogP contribution in [0, 0.1) is 0 Å². The molecule has 0 aromatic rings. The summed E-state index contributed by atoms with van der Waals surface area (Å²) in [5, 5.41) is 5.46. The highest BCUT2D eigenvalue weighted by Gasteiger charge is 2.08. The molecule has 2 N–H and O–H groups in total. The standard InChI is InChI=1S/C9H20N2O3/c1-4-13-9(14-5-2)7-11-8(12)6-10-3/h9-10H,4-7H2,1-3H3,(H,11,12). The van der Waals surface area contributed by atoms with Gasteiger partial charge in [-0.2, -0.15) is 0 Å². The van der Waals surface area contributed by atoms with Gasteiger partial charge in [0, 0.05) is 13.2 Å². The van der Waals surface area contributed by atoms with Crippen LogP contribution in [0.5, 0.6) is 0 Å². The summed E-state index contributed by atoms with van der Waals surface area (Å²) in [6.45, 7) is 5.63. The van der Waals surface area contributed by atoms with Crippen LogP contribution in [0.25, 0.3) is 0 Å². The van der Waals surface area contributed by atoms with E-state index < -0.39 is 0 Å². The normalized spacial score (nSPS) is 10.6. The smallest absolute Gasteiger partial charge is 0.234 e. The van der Waals surface area contributed by atoms with E-state index in [9.17, 15) is 4.79 Å². The van der Waals surface area contributed by atoms with Crippen LogP contribution in [0.3, 0.4) is 0 Å². The van der Waals surface area contributed by atoms with E-state index >= 15 is 0 Å². The average molecular weight is 204 g/mol. The van der Waals surface area contributed by atoms with Gasteiger partial charge in [-0.15, -0.1) is 0 Å². The maximum absolute atomic E-state index is 11.1. The van der Waals surface area contributed by atoms with Crippen molar-refractivity contribution >= 4 is 5.91 Å². The molecule has 5 heteroatoms. The molecule has 0 aliphatic carbocycles. The Morgan fingerprint density at radius 3 is 2.29 bits per heavy atom. The van der Waals surface area contributed by atoms with Gasteiger partial charge in [-0.25, -0.2) is 0 Å². The van der Waals surface area contributed by atoms with Crippen molar-refractivity contribution in [3.8, 4) is 0 Å². The molecular weight excluding hydrogens is 184 g/mol. The third-order valence-corrected chi connectivity index (χ3v) is 1.51. The molecule has 0 aromatic carbocycles. The van der Waals surface area contributed by atoms with Gasteiger partial charge < -0.3 is 20.1 Å². The van der Waals surface area contributed by atoms with Gasteiger partial charge in [-0.1, -0.05) is 0 Å². The molecule has 0 rings (SSSR count). The van der Waals surface area contributed by atoms with E-state index in [1.165, 1.54) is 0 Å². The molecule has 0 aromatic heterocycles. The fraction of sp³-hybridized carbons (Fsp3) is 0.889. The highest BCUT2D eigenvalue weighted by atomic mass is 16.7. The Morgan fingerprint density at radius 1 is 1.29 bits per heavy atom. The first-order chi connectivity index (χ1) is 6.74. The molecule has 1 amide bonds. The summed E-state index contributed by atoms with van der Waals surface area (Å²) < 4.78 is 10.5. The van der Waals surface area contributed by atoms with Crippen LogP contribution < -0.4 is 10.6 Å². The second-order valence-corrected chi connectivity index (χ2v) is 2.67. The highest BCUT2D eigenvalue weighted by Crippen LogP contribution is 1.92. The van der Waals surface area contributed by atoms with E-state index in [0.29, 0.717) is 26.3 Å². The van der Waals surface area contributed by atoms with Crippen molar-refractivity contribution in [2.45, 2.75) is 20.1 Å². The summed E-state index contributed by atoms with van der Waals surface area (Å²) in [5.74, 6) is -0.0584. The quantitative estimate of drug-likeness (QED) is 0.534. The topological polar surface area (TPSA) is 59.6 Å². The summed E-state index contributed by atoms with van der Waals surface area (Å²) >= 11 is 0. The Kier molecular flexibility index (Phi) is 8.51. The monoisotopic (exact) mass is 204 g/mol. The van der Waals surface area contributed by atoms with Crippen molar-refractivity contribution in [3.05, 3.63) is 0 Å². The largest absolute Gasteiger partial charge is 0.351 e. The van der Waals surface area contributed by atoms with E-state index in [4.69, 9.17) is 9.47 Å². The molecule has 0 saturated heterocycles. The van der Waals surface area contributed by atoms with Crippen LogP contribution in [0.15, 0.2) is 0 Å².